The lowest BCUT2D eigenvalue weighted by molar-refractivity contribution is -0.131. The Labute approximate surface area is 130 Å². The Bertz CT molecular complexity index is 669. The summed E-state index contributed by atoms with van der Waals surface area (Å²) in [6, 6.07) is 9.81. The quantitative estimate of drug-likeness (QED) is 0.893. The SMILES string of the molecule is CN1CC[C@@H](O)[C@H](C(=O)NCc2ccnc3ccccc23)C1. The first-order valence-electron chi connectivity index (χ1n) is 7.62. The number of amides is 1. The summed E-state index contributed by atoms with van der Waals surface area (Å²) in [7, 11) is 1.97. The first kappa shape index (κ1) is 14.9. The Morgan fingerprint density at radius 2 is 2.23 bits per heavy atom. The van der Waals surface area contributed by atoms with Gasteiger partial charge in [0.1, 0.15) is 0 Å². The van der Waals surface area contributed by atoms with Crippen molar-refractivity contribution in [2.45, 2.75) is 19.1 Å². The molecule has 22 heavy (non-hydrogen) atoms. The minimum Gasteiger partial charge on any atom is -0.392 e. The molecule has 2 N–H and O–H groups in total. The van der Waals surface area contributed by atoms with Gasteiger partial charge in [-0.15, -0.1) is 0 Å². The van der Waals surface area contributed by atoms with Gasteiger partial charge in [0, 0.05) is 31.2 Å². The lowest BCUT2D eigenvalue weighted by Crippen LogP contribution is -2.48. The van der Waals surface area contributed by atoms with Crippen LogP contribution in [0.4, 0.5) is 0 Å². The number of aromatic nitrogens is 1. The van der Waals surface area contributed by atoms with Crippen LogP contribution in [0.1, 0.15) is 12.0 Å². The van der Waals surface area contributed by atoms with Crippen molar-refractivity contribution in [2.75, 3.05) is 20.1 Å². The number of hydrogen-bond acceptors (Lipinski definition) is 4. The van der Waals surface area contributed by atoms with Gasteiger partial charge in [-0.05, 0) is 31.2 Å². The molecule has 5 nitrogen and oxygen atoms in total. The van der Waals surface area contributed by atoms with E-state index >= 15 is 0 Å². The topological polar surface area (TPSA) is 65.5 Å². The number of nitrogens with one attached hydrogen (secondary N) is 1. The van der Waals surface area contributed by atoms with Crippen LogP contribution in [0, 0.1) is 5.92 Å². The second-order valence-corrected chi connectivity index (χ2v) is 5.93. The minimum absolute atomic E-state index is 0.0834. The van der Waals surface area contributed by atoms with Gasteiger partial charge < -0.3 is 15.3 Å². The van der Waals surface area contributed by atoms with E-state index < -0.39 is 6.10 Å². The molecule has 3 rings (SSSR count). The van der Waals surface area contributed by atoms with Crippen molar-refractivity contribution in [3.05, 3.63) is 42.1 Å². The van der Waals surface area contributed by atoms with Crippen LogP contribution in [0.15, 0.2) is 36.5 Å². The summed E-state index contributed by atoms with van der Waals surface area (Å²) in [6.45, 7) is 1.89. The van der Waals surface area contributed by atoms with Gasteiger partial charge in [0.15, 0.2) is 0 Å². The van der Waals surface area contributed by atoms with E-state index in [0.717, 1.165) is 23.0 Å². The molecule has 1 fully saturated rings. The molecule has 1 aromatic heterocycles. The molecule has 0 unspecified atom stereocenters. The summed E-state index contributed by atoms with van der Waals surface area (Å²) in [5, 5.41) is 14.0. The first-order valence-corrected chi connectivity index (χ1v) is 7.62. The predicted molar refractivity (Wildman–Crippen MR) is 85.2 cm³/mol. The number of piperidine rings is 1. The average Bonchev–Trinajstić information content (AvgIpc) is 2.54. The van der Waals surface area contributed by atoms with Gasteiger partial charge >= 0.3 is 0 Å². The summed E-state index contributed by atoms with van der Waals surface area (Å²) in [5.74, 6) is -0.438. The molecule has 116 valence electrons. The normalized spacial score (nSPS) is 22.6. The molecule has 1 amide bonds. The molecule has 0 radical (unpaired) electrons. The van der Waals surface area contributed by atoms with E-state index in [4.69, 9.17) is 0 Å². The molecular weight excluding hydrogens is 278 g/mol. The van der Waals surface area contributed by atoms with Gasteiger partial charge in [0.2, 0.25) is 5.91 Å². The third kappa shape index (κ3) is 3.10. The van der Waals surface area contributed by atoms with Crippen LogP contribution in [0.25, 0.3) is 10.9 Å². The van der Waals surface area contributed by atoms with Crippen LogP contribution in [-0.4, -0.2) is 47.1 Å². The molecule has 1 saturated heterocycles. The van der Waals surface area contributed by atoms with Crippen molar-refractivity contribution in [1.29, 1.82) is 0 Å². The third-order valence-corrected chi connectivity index (χ3v) is 4.31. The highest BCUT2D eigenvalue weighted by Crippen LogP contribution is 2.18. The smallest absolute Gasteiger partial charge is 0.227 e. The zero-order valence-electron chi connectivity index (χ0n) is 12.7. The van der Waals surface area contributed by atoms with E-state index in [1.165, 1.54) is 0 Å². The van der Waals surface area contributed by atoms with Gasteiger partial charge in [-0.2, -0.15) is 0 Å². The van der Waals surface area contributed by atoms with E-state index in [1.807, 2.05) is 37.4 Å². The standard InChI is InChI=1S/C17H21N3O2/c1-20-9-7-16(21)14(11-20)17(22)19-10-12-6-8-18-15-5-3-2-4-13(12)15/h2-6,8,14,16,21H,7,9-11H2,1H3,(H,19,22)/t14-,16-/m1/s1. The summed E-state index contributed by atoms with van der Waals surface area (Å²) in [6.07, 6.45) is 1.85. The van der Waals surface area contributed by atoms with Crippen LogP contribution >= 0.6 is 0 Å². The molecule has 0 aliphatic carbocycles. The van der Waals surface area contributed by atoms with Crippen molar-refractivity contribution in [3.8, 4) is 0 Å². The van der Waals surface area contributed by atoms with Gasteiger partial charge in [0.05, 0.1) is 17.5 Å². The molecule has 5 heteroatoms. The second kappa shape index (κ2) is 6.42. The van der Waals surface area contributed by atoms with E-state index in [0.29, 0.717) is 19.5 Å². The lowest BCUT2D eigenvalue weighted by Gasteiger charge is -2.32. The Morgan fingerprint density at radius 1 is 1.41 bits per heavy atom. The molecule has 0 spiro atoms. The molecule has 0 bridgehead atoms. The third-order valence-electron chi connectivity index (χ3n) is 4.31. The molecular formula is C17H21N3O2. The fourth-order valence-electron chi connectivity index (χ4n) is 2.98. The number of fused-ring (bicyclic) bond motifs is 1. The number of benzene rings is 1. The Kier molecular flexibility index (Phi) is 4.36. The molecule has 0 saturated carbocycles. The van der Waals surface area contributed by atoms with Crippen LogP contribution in [-0.2, 0) is 11.3 Å². The Morgan fingerprint density at radius 3 is 3.09 bits per heavy atom. The number of carbonyl (C=O) groups excluding carboxylic acids is 1. The van der Waals surface area contributed by atoms with Crippen LogP contribution < -0.4 is 5.32 Å². The summed E-state index contributed by atoms with van der Waals surface area (Å²) in [5.41, 5.74) is 1.96. The number of aliphatic hydroxyl groups is 1. The van der Waals surface area contributed by atoms with Gasteiger partial charge in [-0.1, -0.05) is 18.2 Å². The minimum atomic E-state index is -0.551. The van der Waals surface area contributed by atoms with Gasteiger partial charge in [0.25, 0.3) is 0 Å². The zero-order chi connectivity index (χ0) is 15.5. The maximum absolute atomic E-state index is 12.4. The number of likely N-dealkylation sites (tertiary alicyclic amines) is 1. The molecule has 1 aliphatic rings. The molecule has 1 aliphatic heterocycles. The average molecular weight is 299 g/mol. The summed E-state index contributed by atoms with van der Waals surface area (Å²) >= 11 is 0. The molecule has 1 aromatic carbocycles. The zero-order valence-corrected chi connectivity index (χ0v) is 12.7. The first-order chi connectivity index (χ1) is 10.6. The summed E-state index contributed by atoms with van der Waals surface area (Å²) < 4.78 is 0. The Balaban J connectivity index is 1.70. The number of carbonyl (C=O) groups is 1. The van der Waals surface area contributed by atoms with Gasteiger partial charge in [-0.25, -0.2) is 0 Å². The van der Waals surface area contributed by atoms with Crippen molar-refractivity contribution in [1.82, 2.24) is 15.2 Å². The number of rotatable bonds is 3. The highest BCUT2D eigenvalue weighted by molar-refractivity contribution is 5.83. The van der Waals surface area contributed by atoms with E-state index in [-0.39, 0.29) is 11.8 Å². The van der Waals surface area contributed by atoms with Crippen LogP contribution in [0.5, 0.6) is 0 Å². The monoisotopic (exact) mass is 299 g/mol. The number of para-hydroxylation sites is 1. The van der Waals surface area contributed by atoms with Crippen molar-refractivity contribution < 1.29 is 9.90 Å². The number of nitrogens with zero attached hydrogens (tertiary/aromatic N) is 2. The highest BCUT2D eigenvalue weighted by atomic mass is 16.3. The Hall–Kier alpha value is -1.98. The fourth-order valence-corrected chi connectivity index (χ4v) is 2.98. The van der Waals surface area contributed by atoms with E-state index in [1.54, 1.807) is 6.20 Å². The number of hydrogen-bond donors (Lipinski definition) is 2. The van der Waals surface area contributed by atoms with Gasteiger partial charge in [-0.3, -0.25) is 9.78 Å². The lowest BCUT2D eigenvalue weighted by atomic mass is 9.94. The maximum atomic E-state index is 12.4. The van der Waals surface area contributed by atoms with Crippen LogP contribution in [0.2, 0.25) is 0 Å². The molecule has 2 aromatic rings. The maximum Gasteiger partial charge on any atom is 0.227 e. The fraction of sp³-hybridized carbons (Fsp3) is 0.412. The molecule has 2 heterocycles. The molecule has 2 atom stereocenters. The highest BCUT2D eigenvalue weighted by Gasteiger charge is 2.31. The summed E-state index contributed by atoms with van der Waals surface area (Å²) in [4.78, 5) is 18.8. The number of pyridine rings is 1. The van der Waals surface area contributed by atoms with E-state index in [2.05, 4.69) is 15.2 Å². The second-order valence-electron chi connectivity index (χ2n) is 5.93. The van der Waals surface area contributed by atoms with E-state index in [9.17, 15) is 9.90 Å². The van der Waals surface area contributed by atoms with Crippen molar-refractivity contribution in [2.24, 2.45) is 5.92 Å². The van der Waals surface area contributed by atoms with Crippen molar-refractivity contribution in [3.63, 3.8) is 0 Å². The number of aliphatic hydroxyl groups excluding tert-OH is 1. The predicted octanol–water partition coefficient (Wildman–Crippen LogP) is 1.16. The van der Waals surface area contributed by atoms with Crippen molar-refractivity contribution >= 4 is 16.8 Å². The van der Waals surface area contributed by atoms with Crippen LogP contribution in [0.3, 0.4) is 0 Å². The largest absolute Gasteiger partial charge is 0.392 e.